The zero-order chi connectivity index (χ0) is 10.6. The van der Waals surface area contributed by atoms with E-state index in [9.17, 15) is 5.11 Å². The lowest BCUT2D eigenvalue weighted by Gasteiger charge is -2.09. The van der Waals surface area contributed by atoms with Crippen LogP contribution in [0.25, 0.3) is 0 Å². The molecular formula is C10H20O4. The van der Waals surface area contributed by atoms with E-state index in [-0.39, 0.29) is 13.2 Å². The summed E-state index contributed by atoms with van der Waals surface area (Å²) in [5.41, 5.74) is 0. The molecule has 0 heterocycles. The summed E-state index contributed by atoms with van der Waals surface area (Å²) in [6.45, 7) is 0.710. The van der Waals surface area contributed by atoms with Crippen molar-refractivity contribution in [2.75, 3.05) is 19.8 Å². The minimum Gasteiger partial charge on any atom is -0.396 e. The molecule has 1 atom stereocenters. The molecule has 0 aliphatic heterocycles. The quantitative estimate of drug-likeness (QED) is 0.289. The van der Waals surface area contributed by atoms with Crippen LogP contribution in [0.2, 0.25) is 0 Å². The summed E-state index contributed by atoms with van der Waals surface area (Å²) in [6.07, 6.45) is 5.44. The van der Waals surface area contributed by atoms with Gasteiger partial charge in [0.2, 0.25) is 0 Å². The van der Waals surface area contributed by atoms with E-state index in [1.807, 2.05) is 12.2 Å². The van der Waals surface area contributed by atoms with Gasteiger partial charge in [-0.3, -0.25) is 0 Å². The maximum absolute atomic E-state index is 9.19. The highest BCUT2D eigenvalue weighted by molar-refractivity contribution is 4.80. The molecule has 84 valence electrons. The van der Waals surface area contributed by atoms with Crippen molar-refractivity contribution in [2.45, 2.75) is 32.0 Å². The van der Waals surface area contributed by atoms with Crippen LogP contribution in [0.15, 0.2) is 12.2 Å². The first-order chi connectivity index (χ1) is 6.81. The van der Waals surface area contributed by atoms with E-state index in [1.165, 1.54) is 0 Å². The molecule has 4 heteroatoms. The zero-order valence-corrected chi connectivity index (χ0v) is 8.43. The van der Waals surface area contributed by atoms with Crippen molar-refractivity contribution in [3.63, 3.8) is 0 Å². The van der Waals surface area contributed by atoms with Crippen LogP contribution in [-0.4, -0.2) is 41.4 Å². The number of rotatable bonds is 9. The zero-order valence-electron chi connectivity index (χ0n) is 8.43. The van der Waals surface area contributed by atoms with Crippen LogP contribution >= 0.6 is 0 Å². The topological polar surface area (TPSA) is 69.9 Å². The van der Waals surface area contributed by atoms with Gasteiger partial charge in [0.25, 0.3) is 0 Å². The third-order valence-electron chi connectivity index (χ3n) is 1.67. The second-order valence-corrected chi connectivity index (χ2v) is 2.96. The van der Waals surface area contributed by atoms with Crippen LogP contribution in [-0.2, 0) is 4.74 Å². The molecule has 0 fully saturated rings. The summed E-state index contributed by atoms with van der Waals surface area (Å²) in [5.74, 6) is 0. The molecule has 0 bridgehead atoms. The maximum Gasteiger partial charge on any atom is 0.154 e. The first-order valence-electron chi connectivity index (χ1n) is 4.97. The number of hydrogen-bond acceptors (Lipinski definition) is 4. The standard InChI is InChI=1S/C10H20O4/c11-7-3-1-2-4-9-14-10(13)6-5-8-12/h1-2,10-13H,3-9H2/b2-1+. The van der Waals surface area contributed by atoms with Gasteiger partial charge >= 0.3 is 0 Å². The van der Waals surface area contributed by atoms with Gasteiger partial charge in [-0.1, -0.05) is 12.2 Å². The second-order valence-electron chi connectivity index (χ2n) is 2.96. The van der Waals surface area contributed by atoms with E-state index in [4.69, 9.17) is 14.9 Å². The van der Waals surface area contributed by atoms with Gasteiger partial charge in [0.1, 0.15) is 0 Å². The minimum absolute atomic E-state index is 0.0802. The van der Waals surface area contributed by atoms with Crippen LogP contribution < -0.4 is 0 Å². The predicted octanol–water partition coefficient (Wildman–Crippen LogP) is 0.423. The van der Waals surface area contributed by atoms with Gasteiger partial charge in [-0.2, -0.15) is 0 Å². The fourth-order valence-corrected chi connectivity index (χ4v) is 0.932. The van der Waals surface area contributed by atoms with Crippen LogP contribution in [0.1, 0.15) is 25.7 Å². The van der Waals surface area contributed by atoms with Crippen LogP contribution in [0.5, 0.6) is 0 Å². The first kappa shape index (κ1) is 13.6. The number of aliphatic hydroxyl groups is 3. The SMILES string of the molecule is OCC/C=C/CCOC(O)CCCO. The van der Waals surface area contributed by atoms with E-state index in [0.717, 1.165) is 6.42 Å². The first-order valence-corrected chi connectivity index (χ1v) is 4.97. The Hall–Kier alpha value is -0.420. The number of ether oxygens (including phenoxy) is 1. The Morgan fingerprint density at radius 3 is 2.43 bits per heavy atom. The minimum atomic E-state index is -0.770. The van der Waals surface area contributed by atoms with Crippen molar-refractivity contribution in [1.82, 2.24) is 0 Å². The molecule has 0 spiro atoms. The van der Waals surface area contributed by atoms with Crippen molar-refractivity contribution in [3.05, 3.63) is 12.2 Å². The van der Waals surface area contributed by atoms with Gasteiger partial charge in [-0.15, -0.1) is 0 Å². The predicted molar refractivity (Wildman–Crippen MR) is 53.7 cm³/mol. The molecule has 0 aliphatic rings. The molecule has 0 rings (SSSR count). The van der Waals surface area contributed by atoms with Crippen molar-refractivity contribution in [3.8, 4) is 0 Å². The fraction of sp³-hybridized carbons (Fsp3) is 0.800. The summed E-state index contributed by atoms with van der Waals surface area (Å²) in [5, 5.41) is 26.1. The molecular weight excluding hydrogens is 184 g/mol. The number of hydrogen-bond donors (Lipinski definition) is 3. The van der Waals surface area contributed by atoms with Crippen molar-refractivity contribution >= 4 is 0 Å². The fourth-order valence-electron chi connectivity index (χ4n) is 0.932. The molecule has 0 saturated heterocycles. The van der Waals surface area contributed by atoms with E-state index in [2.05, 4.69) is 0 Å². The Kier molecular flexibility index (Phi) is 10.3. The molecule has 14 heavy (non-hydrogen) atoms. The highest BCUT2D eigenvalue weighted by Crippen LogP contribution is 1.99. The summed E-state index contributed by atoms with van der Waals surface area (Å²) in [7, 11) is 0. The number of aliphatic hydroxyl groups excluding tert-OH is 3. The third-order valence-corrected chi connectivity index (χ3v) is 1.67. The smallest absolute Gasteiger partial charge is 0.154 e. The molecule has 0 aromatic heterocycles. The van der Waals surface area contributed by atoms with E-state index in [0.29, 0.717) is 25.9 Å². The Morgan fingerprint density at radius 1 is 1.07 bits per heavy atom. The summed E-state index contributed by atoms with van der Waals surface area (Å²) < 4.78 is 5.05. The van der Waals surface area contributed by atoms with Crippen molar-refractivity contribution in [1.29, 1.82) is 0 Å². The lowest BCUT2D eigenvalue weighted by Crippen LogP contribution is -2.12. The molecule has 0 aromatic rings. The average Bonchev–Trinajstić information content (AvgIpc) is 2.20. The normalized spacial score (nSPS) is 13.6. The van der Waals surface area contributed by atoms with E-state index >= 15 is 0 Å². The summed E-state index contributed by atoms with van der Waals surface area (Å²) in [4.78, 5) is 0. The second kappa shape index (κ2) is 10.7. The van der Waals surface area contributed by atoms with Crippen molar-refractivity contribution < 1.29 is 20.1 Å². The van der Waals surface area contributed by atoms with Crippen LogP contribution in [0.4, 0.5) is 0 Å². The Labute approximate surface area is 84.8 Å². The molecule has 0 aliphatic carbocycles. The third kappa shape index (κ3) is 9.67. The lowest BCUT2D eigenvalue weighted by atomic mass is 10.3. The lowest BCUT2D eigenvalue weighted by molar-refractivity contribution is -0.103. The largest absolute Gasteiger partial charge is 0.396 e. The van der Waals surface area contributed by atoms with Crippen molar-refractivity contribution in [2.24, 2.45) is 0 Å². The summed E-state index contributed by atoms with van der Waals surface area (Å²) in [6, 6.07) is 0. The van der Waals surface area contributed by atoms with E-state index < -0.39 is 6.29 Å². The van der Waals surface area contributed by atoms with Gasteiger partial charge in [-0.05, 0) is 19.3 Å². The summed E-state index contributed by atoms with van der Waals surface area (Å²) >= 11 is 0. The molecule has 3 N–H and O–H groups in total. The molecule has 1 unspecified atom stereocenters. The molecule has 0 radical (unpaired) electrons. The average molecular weight is 204 g/mol. The maximum atomic E-state index is 9.19. The Balaban J connectivity index is 3.18. The highest BCUT2D eigenvalue weighted by atomic mass is 16.6. The van der Waals surface area contributed by atoms with Crippen LogP contribution in [0, 0.1) is 0 Å². The van der Waals surface area contributed by atoms with Gasteiger partial charge in [0.05, 0.1) is 6.61 Å². The van der Waals surface area contributed by atoms with E-state index in [1.54, 1.807) is 0 Å². The molecule has 4 nitrogen and oxygen atoms in total. The van der Waals surface area contributed by atoms with Gasteiger partial charge in [-0.25, -0.2) is 0 Å². The monoisotopic (exact) mass is 204 g/mol. The molecule has 0 saturated carbocycles. The molecule has 0 aromatic carbocycles. The Morgan fingerprint density at radius 2 is 1.79 bits per heavy atom. The highest BCUT2D eigenvalue weighted by Gasteiger charge is 2.01. The molecule has 0 amide bonds. The van der Waals surface area contributed by atoms with Gasteiger partial charge in [0.15, 0.2) is 6.29 Å². The van der Waals surface area contributed by atoms with Gasteiger partial charge in [0, 0.05) is 19.6 Å². The van der Waals surface area contributed by atoms with Crippen LogP contribution in [0.3, 0.4) is 0 Å². The Bertz CT molecular complexity index is 136. The van der Waals surface area contributed by atoms with Gasteiger partial charge < -0.3 is 20.1 Å².